The van der Waals surface area contributed by atoms with Gasteiger partial charge in [-0.05, 0) is 62.2 Å². The lowest BCUT2D eigenvalue weighted by atomic mass is 9.75. The first-order valence-electron chi connectivity index (χ1n) is 18.6. The molecule has 13 heteroatoms. The van der Waals surface area contributed by atoms with Crippen molar-refractivity contribution in [3.63, 3.8) is 0 Å². The zero-order chi connectivity index (χ0) is 36.5. The highest BCUT2D eigenvalue weighted by atomic mass is 19.1. The Kier molecular flexibility index (Phi) is 10.2. The van der Waals surface area contributed by atoms with Crippen LogP contribution in [0.3, 0.4) is 0 Å². The van der Waals surface area contributed by atoms with Crippen LogP contribution in [0.15, 0.2) is 24.3 Å². The van der Waals surface area contributed by atoms with E-state index in [1.165, 1.54) is 31.4 Å². The maximum absolute atomic E-state index is 17.2. The van der Waals surface area contributed by atoms with Crippen LogP contribution in [-0.4, -0.2) is 111 Å². The summed E-state index contributed by atoms with van der Waals surface area (Å²) < 4.78 is 62.0. The Labute approximate surface area is 307 Å². The third-order valence-electron chi connectivity index (χ3n) is 11.4. The summed E-state index contributed by atoms with van der Waals surface area (Å²) in [5.74, 6) is 1.61. The Balaban J connectivity index is 1.21. The Bertz CT molecular complexity index is 2030. The SMILES string of the molecule is C#Cc1c(F)ccc2cc(O)cc(-c3nc(OC)c4c(N5CCCOCC5)nc(OC[C@]56CCC[C@H]5N(CC5COCCOC5)CCC6)nc4c3F)c12. The second-order valence-electron chi connectivity index (χ2n) is 14.6. The maximum Gasteiger partial charge on any atom is 0.319 e. The smallest absolute Gasteiger partial charge is 0.319 e. The van der Waals surface area contributed by atoms with Gasteiger partial charge in [0.25, 0.3) is 0 Å². The number of pyridine rings is 1. The van der Waals surface area contributed by atoms with Crippen molar-refractivity contribution >= 4 is 27.5 Å². The van der Waals surface area contributed by atoms with Gasteiger partial charge >= 0.3 is 6.01 Å². The first-order valence-corrected chi connectivity index (χ1v) is 18.6. The molecule has 1 aliphatic carbocycles. The Morgan fingerprint density at radius 1 is 0.962 bits per heavy atom. The summed E-state index contributed by atoms with van der Waals surface area (Å²) in [5, 5.41) is 11.7. The largest absolute Gasteiger partial charge is 0.508 e. The Morgan fingerprint density at radius 2 is 1.79 bits per heavy atom. The highest BCUT2D eigenvalue weighted by molar-refractivity contribution is 6.04. The van der Waals surface area contributed by atoms with Crippen molar-refractivity contribution in [2.45, 2.75) is 44.6 Å². The van der Waals surface area contributed by atoms with Crippen molar-refractivity contribution in [2.24, 2.45) is 11.3 Å². The fraction of sp³-hybridized carbons (Fsp3) is 0.525. The molecular weight excluding hydrogens is 684 g/mol. The molecule has 0 radical (unpaired) electrons. The van der Waals surface area contributed by atoms with Crippen molar-refractivity contribution in [2.75, 3.05) is 84.4 Å². The van der Waals surface area contributed by atoms with E-state index in [1.54, 1.807) is 0 Å². The molecule has 4 aromatic rings. The molecule has 280 valence electrons. The number of rotatable bonds is 8. The van der Waals surface area contributed by atoms with Gasteiger partial charge in [-0.25, -0.2) is 13.8 Å². The number of halogens is 2. The summed E-state index contributed by atoms with van der Waals surface area (Å²) in [6.45, 7) is 7.16. The van der Waals surface area contributed by atoms with Gasteiger partial charge in [0.15, 0.2) is 5.82 Å². The number of hydrogen-bond donors (Lipinski definition) is 1. The molecule has 8 rings (SSSR count). The quantitative estimate of drug-likeness (QED) is 0.225. The molecule has 1 saturated carbocycles. The molecule has 5 heterocycles. The average Bonchev–Trinajstić information content (AvgIpc) is 3.30. The maximum atomic E-state index is 17.2. The molecule has 0 bridgehead atoms. The molecule has 0 amide bonds. The average molecular weight is 730 g/mol. The number of terminal acetylenes is 1. The molecular formula is C40H45F2N5O6. The number of phenolic OH excluding ortho intramolecular Hbond substituents is 1. The van der Waals surface area contributed by atoms with Gasteiger partial charge in [0.1, 0.15) is 34.0 Å². The van der Waals surface area contributed by atoms with Crippen LogP contribution in [0, 0.1) is 35.3 Å². The summed E-state index contributed by atoms with van der Waals surface area (Å²) in [6, 6.07) is 5.86. The number of likely N-dealkylation sites (tertiary alicyclic amines) is 1. The van der Waals surface area contributed by atoms with E-state index < -0.39 is 11.6 Å². The van der Waals surface area contributed by atoms with Gasteiger partial charge in [0.2, 0.25) is 5.88 Å². The fourth-order valence-electron chi connectivity index (χ4n) is 8.98. The minimum atomic E-state index is -0.798. The molecule has 2 atom stereocenters. The summed E-state index contributed by atoms with van der Waals surface area (Å²) in [7, 11) is 1.44. The number of anilines is 1. The number of piperidine rings is 1. The first kappa shape index (κ1) is 35.7. The van der Waals surface area contributed by atoms with E-state index in [-0.39, 0.29) is 56.2 Å². The lowest BCUT2D eigenvalue weighted by Gasteiger charge is -2.47. The molecule has 1 N–H and O–H groups in total. The van der Waals surface area contributed by atoms with Gasteiger partial charge < -0.3 is 33.7 Å². The molecule has 4 aliphatic rings. The van der Waals surface area contributed by atoms with Gasteiger partial charge in [-0.3, -0.25) is 4.90 Å². The van der Waals surface area contributed by atoms with Crippen LogP contribution >= 0.6 is 0 Å². The minimum absolute atomic E-state index is 0.0506. The number of methoxy groups -OCH3 is 1. The molecule has 3 saturated heterocycles. The summed E-state index contributed by atoms with van der Waals surface area (Å²) in [4.78, 5) is 18.9. The molecule has 11 nitrogen and oxygen atoms in total. The summed E-state index contributed by atoms with van der Waals surface area (Å²) in [5.41, 5.74) is -0.325. The number of aromatic nitrogens is 3. The third-order valence-corrected chi connectivity index (χ3v) is 11.4. The molecule has 0 spiro atoms. The standard InChI is InChI=1S/C40H45F2N5O6/c1-3-28-30(41)9-8-26-19-27(48)20-29(32(26)28)35-34(42)36-33(38(43-35)49-2)37(46-13-6-15-50-16-14-46)45-39(44-36)53-24-40-10-4-7-31(40)47(12-5-11-40)21-25-22-51-17-18-52-23-25/h1,8-9,19-20,25,31,48H,4-7,10-18,21-24H2,2H3/t31-,40-/m1/s1. The monoisotopic (exact) mass is 729 g/mol. The number of benzene rings is 2. The first-order chi connectivity index (χ1) is 25.9. The Morgan fingerprint density at radius 3 is 2.60 bits per heavy atom. The number of phenols is 1. The zero-order valence-electron chi connectivity index (χ0n) is 30.0. The van der Waals surface area contributed by atoms with Crippen molar-refractivity contribution in [1.29, 1.82) is 0 Å². The van der Waals surface area contributed by atoms with E-state index in [0.29, 0.717) is 82.5 Å². The van der Waals surface area contributed by atoms with E-state index >= 15 is 8.78 Å². The number of aromatic hydroxyl groups is 1. The number of hydrogen-bond acceptors (Lipinski definition) is 11. The van der Waals surface area contributed by atoms with Crippen LogP contribution in [0.2, 0.25) is 0 Å². The van der Waals surface area contributed by atoms with E-state index in [1.807, 2.05) is 4.90 Å². The highest BCUT2D eigenvalue weighted by Crippen LogP contribution is 2.49. The van der Waals surface area contributed by atoms with Gasteiger partial charge in [0, 0.05) is 54.6 Å². The highest BCUT2D eigenvalue weighted by Gasteiger charge is 2.49. The van der Waals surface area contributed by atoms with Crippen LogP contribution in [0.25, 0.3) is 32.9 Å². The van der Waals surface area contributed by atoms with Crippen LogP contribution in [0.1, 0.15) is 44.1 Å². The predicted octanol–water partition coefficient (Wildman–Crippen LogP) is 5.72. The lowest BCUT2D eigenvalue weighted by Crippen LogP contribution is -2.53. The summed E-state index contributed by atoms with van der Waals surface area (Å²) >= 11 is 0. The van der Waals surface area contributed by atoms with E-state index in [9.17, 15) is 5.11 Å². The fourth-order valence-corrected chi connectivity index (χ4v) is 8.98. The van der Waals surface area contributed by atoms with Gasteiger partial charge in [-0.1, -0.05) is 18.4 Å². The van der Waals surface area contributed by atoms with Crippen molar-refractivity contribution in [3.05, 3.63) is 41.5 Å². The van der Waals surface area contributed by atoms with Gasteiger partial charge in [0.05, 0.1) is 52.3 Å². The molecule has 53 heavy (non-hydrogen) atoms. The van der Waals surface area contributed by atoms with Crippen molar-refractivity contribution in [1.82, 2.24) is 19.9 Å². The minimum Gasteiger partial charge on any atom is -0.508 e. The van der Waals surface area contributed by atoms with Crippen LogP contribution in [0.5, 0.6) is 17.6 Å². The number of ether oxygens (including phenoxy) is 5. The number of fused-ring (bicyclic) bond motifs is 3. The van der Waals surface area contributed by atoms with Crippen LogP contribution in [-0.2, 0) is 14.2 Å². The van der Waals surface area contributed by atoms with Gasteiger partial charge in [-0.15, -0.1) is 6.42 Å². The third kappa shape index (κ3) is 6.82. The zero-order valence-corrected chi connectivity index (χ0v) is 30.0. The van der Waals surface area contributed by atoms with Crippen molar-refractivity contribution < 1.29 is 37.6 Å². The predicted molar refractivity (Wildman–Crippen MR) is 195 cm³/mol. The molecule has 3 aliphatic heterocycles. The topological polar surface area (TPSA) is 112 Å². The summed E-state index contributed by atoms with van der Waals surface area (Å²) in [6.07, 6.45) is 11.8. The normalized spacial score (nSPS) is 23.1. The van der Waals surface area contributed by atoms with Gasteiger partial charge in [-0.2, -0.15) is 9.97 Å². The van der Waals surface area contributed by atoms with E-state index in [4.69, 9.17) is 40.1 Å². The van der Waals surface area contributed by atoms with Crippen LogP contribution in [0.4, 0.5) is 14.6 Å². The molecule has 0 unspecified atom stereocenters. The number of nitrogens with zero attached hydrogens (tertiary/aromatic N) is 5. The molecule has 2 aromatic heterocycles. The Hall–Kier alpha value is -4.35. The lowest BCUT2D eigenvalue weighted by molar-refractivity contribution is -0.0170. The van der Waals surface area contributed by atoms with Crippen molar-refractivity contribution in [3.8, 4) is 41.2 Å². The van der Waals surface area contributed by atoms with Crippen LogP contribution < -0.4 is 14.4 Å². The second kappa shape index (κ2) is 15.2. The van der Waals surface area contributed by atoms with E-state index in [2.05, 4.69) is 15.8 Å². The second-order valence-corrected chi connectivity index (χ2v) is 14.6. The molecule has 2 aromatic carbocycles. The van der Waals surface area contributed by atoms with E-state index in [0.717, 1.165) is 51.6 Å². The molecule has 4 fully saturated rings.